The maximum Gasteiger partial charge on any atom is 0.157 e. The van der Waals surface area contributed by atoms with E-state index in [9.17, 15) is 4.39 Å². The fourth-order valence-corrected chi connectivity index (χ4v) is 2.31. The molecule has 2 aromatic carbocycles. The Kier molecular flexibility index (Phi) is 3.88. The number of amidine groups is 1. The number of aliphatic imine (C=N–C) groups is 2. The van der Waals surface area contributed by atoms with Gasteiger partial charge in [0.15, 0.2) is 5.84 Å². The smallest absolute Gasteiger partial charge is 0.157 e. The van der Waals surface area contributed by atoms with Crippen LogP contribution in [0, 0.1) is 5.82 Å². The third kappa shape index (κ3) is 3.06. The Labute approximate surface area is 123 Å². The summed E-state index contributed by atoms with van der Waals surface area (Å²) in [6, 6.07) is 14.7. The Hall–Kier alpha value is -2.33. The van der Waals surface area contributed by atoms with E-state index in [4.69, 9.17) is 5.73 Å². The molecular weight excluding hydrogens is 265 g/mol. The van der Waals surface area contributed by atoms with Gasteiger partial charge in [0.1, 0.15) is 5.82 Å². The van der Waals surface area contributed by atoms with E-state index >= 15 is 0 Å². The van der Waals surface area contributed by atoms with E-state index in [1.165, 1.54) is 11.6 Å². The SMILES string of the molecule is NCc1ccc(CC2C=NC(c3ccccc3F)=N2)cc1. The summed E-state index contributed by atoms with van der Waals surface area (Å²) in [6.07, 6.45) is 2.53. The highest BCUT2D eigenvalue weighted by atomic mass is 19.1. The van der Waals surface area contributed by atoms with Crippen molar-refractivity contribution >= 4 is 12.1 Å². The van der Waals surface area contributed by atoms with E-state index in [2.05, 4.69) is 9.98 Å². The molecule has 0 fully saturated rings. The molecule has 0 saturated heterocycles. The maximum absolute atomic E-state index is 13.7. The zero-order valence-corrected chi connectivity index (χ0v) is 11.5. The first-order valence-electron chi connectivity index (χ1n) is 6.91. The first kappa shape index (κ1) is 13.6. The molecule has 1 atom stereocenters. The van der Waals surface area contributed by atoms with Crippen LogP contribution in [-0.4, -0.2) is 18.1 Å². The third-order valence-electron chi connectivity index (χ3n) is 3.48. The largest absolute Gasteiger partial charge is 0.326 e. The van der Waals surface area contributed by atoms with Crippen molar-refractivity contribution in [1.82, 2.24) is 0 Å². The van der Waals surface area contributed by atoms with Crippen LogP contribution in [-0.2, 0) is 13.0 Å². The van der Waals surface area contributed by atoms with Gasteiger partial charge in [0.05, 0.1) is 11.6 Å². The van der Waals surface area contributed by atoms with Gasteiger partial charge in [-0.1, -0.05) is 36.4 Å². The lowest BCUT2D eigenvalue weighted by Crippen LogP contribution is -2.08. The van der Waals surface area contributed by atoms with Gasteiger partial charge in [0.2, 0.25) is 0 Å². The molecule has 2 aromatic rings. The quantitative estimate of drug-likeness (QED) is 0.920. The van der Waals surface area contributed by atoms with E-state index in [0.29, 0.717) is 17.9 Å². The molecule has 0 bridgehead atoms. The summed E-state index contributed by atoms with van der Waals surface area (Å²) in [5.74, 6) is 0.179. The molecule has 2 N–H and O–H groups in total. The van der Waals surface area contributed by atoms with E-state index in [0.717, 1.165) is 12.0 Å². The molecule has 3 rings (SSSR count). The molecular formula is C17H16FN3. The minimum atomic E-state index is -0.290. The van der Waals surface area contributed by atoms with Crippen molar-refractivity contribution in [1.29, 1.82) is 0 Å². The summed E-state index contributed by atoms with van der Waals surface area (Å²) in [5.41, 5.74) is 8.31. The van der Waals surface area contributed by atoms with Crippen molar-refractivity contribution in [3.8, 4) is 0 Å². The van der Waals surface area contributed by atoms with Gasteiger partial charge in [-0.2, -0.15) is 0 Å². The van der Waals surface area contributed by atoms with Crippen LogP contribution in [0.5, 0.6) is 0 Å². The number of benzene rings is 2. The van der Waals surface area contributed by atoms with Crippen LogP contribution in [0.25, 0.3) is 0 Å². The van der Waals surface area contributed by atoms with Crippen LogP contribution >= 0.6 is 0 Å². The van der Waals surface area contributed by atoms with Crippen LogP contribution in [0.1, 0.15) is 16.7 Å². The highest BCUT2D eigenvalue weighted by molar-refractivity contribution is 6.07. The predicted octanol–water partition coefficient (Wildman–Crippen LogP) is 2.73. The molecule has 1 heterocycles. The normalized spacial score (nSPS) is 17.0. The molecule has 4 heteroatoms. The van der Waals surface area contributed by atoms with Gasteiger partial charge in [-0.15, -0.1) is 0 Å². The summed E-state index contributed by atoms with van der Waals surface area (Å²) in [4.78, 5) is 8.73. The van der Waals surface area contributed by atoms with Gasteiger partial charge in [-0.3, -0.25) is 4.99 Å². The van der Waals surface area contributed by atoms with Crippen LogP contribution < -0.4 is 5.73 Å². The van der Waals surface area contributed by atoms with Gasteiger partial charge in [-0.05, 0) is 29.7 Å². The molecule has 0 aromatic heterocycles. The van der Waals surface area contributed by atoms with Crippen molar-refractivity contribution < 1.29 is 4.39 Å². The second-order valence-corrected chi connectivity index (χ2v) is 5.00. The average Bonchev–Trinajstić information content (AvgIpc) is 2.97. The lowest BCUT2D eigenvalue weighted by molar-refractivity contribution is 0.625. The molecule has 1 aliphatic heterocycles. The molecule has 0 spiro atoms. The van der Waals surface area contributed by atoms with Crippen molar-refractivity contribution in [2.75, 3.05) is 0 Å². The topological polar surface area (TPSA) is 50.7 Å². The summed E-state index contributed by atoms with van der Waals surface area (Å²) in [5, 5.41) is 0. The summed E-state index contributed by atoms with van der Waals surface area (Å²) in [6.45, 7) is 0.542. The molecule has 106 valence electrons. The third-order valence-corrected chi connectivity index (χ3v) is 3.48. The van der Waals surface area contributed by atoms with E-state index in [1.807, 2.05) is 24.3 Å². The monoisotopic (exact) mass is 281 g/mol. The van der Waals surface area contributed by atoms with Crippen LogP contribution in [0.3, 0.4) is 0 Å². The first-order valence-corrected chi connectivity index (χ1v) is 6.91. The number of hydrogen-bond acceptors (Lipinski definition) is 3. The Morgan fingerprint density at radius 1 is 1.00 bits per heavy atom. The average molecular weight is 281 g/mol. The molecule has 1 aliphatic rings. The van der Waals surface area contributed by atoms with Gasteiger partial charge in [0.25, 0.3) is 0 Å². The second kappa shape index (κ2) is 5.97. The number of rotatable bonds is 4. The molecule has 21 heavy (non-hydrogen) atoms. The van der Waals surface area contributed by atoms with Crippen LogP contribution in [0.2, 0.25) is 0 Å². The Morgan fingerprint density at radius 3 is 2.43 bits per heavy atom. The second-order valence-electron chi connectivity index (χ2n) is 5.00. The van der Waals surface area contributed by atoms with Crippen molar-refractivity contribution in [3.63, 3.8) is 0 Å². The molecule has 0 radical (unpaired) electrons. The Morgan fingerprint density at radius 2 is 1.71 bits per heavy atom. The summed E-state index contributed by atoms with van der Waals surface area (Å²) >= 11 is 0. The zero-order chi connectivity index (χ0) is 14.7. The van der Waals surface area contributed by atoms with Crippen molar-refractivity contribution in [2.24, 2.45) is 15.7 Å². The molecule has 1 unspecified atom stereocenters. The van der Waals surface area contributed by atoms with Gasteiger partial charge < -0.3 is 5.73 Å². The van der Waals surface area contributed by atoms with E-state index < -0.39 is 0 Å². The predicted molar refractivity (Wildman–Crippen MR) is 83.3 cm³/mol. The van der Waals surface area contributed by atoms with Crippen molar-refractivity contribution in [2.45, 2.75) is 19.0 Å². The fraction of sp³-hybridized carbons (Fsp3) is 0.176. The number of nitrogens with two attached hydrogens (primary N) is 1. The molecule has 0 saturated carbocycles. The highest BCUT2D eigenvalue weighted by Crippen LogP contribution is 2.15. The minimum absolute atomic E-state index is 0.0386. The van der Waals surface area contributed by atoms with Gasteiger partial charge in [-0.25, -0.2) is 9.38 Å². The fourth-order valence-electron chi connectivity index (χ4n) is 2.31. The Bertz CT molecular complexity index is 689. The van der Waals surface area contributed by atoms with E-state index in [-0.39, 0.29) is 11.9 Å². The van der Waals surface area contributed by atoms with Crippen LogP contribution in [0.4, 0.5) is 4.39 Å². The number of halogens is 1. The molecule has 0 amide bonds. The van der Waals surface area contributed by atoms with Crippen LogP contribution in [0.15, 0.2) is 58.5 Å². The maximum atomic E-state index is 13.7. The summed E-state index contributed by atoms with van der Waals surface area (Å²) < 4.78 is 13.7. The zero-order valence-electron chi connectivity index (χ0n) is 11.5. The first-order chi connectivity index (χ1) is 10.3. The molecule has 3 nitrogen and oxygen atoms in total. The Balaban J connectivity index is 1.74. The number of nitrogens with zero attached hydrogens (tertiary/aromatic N) is 2. The summed E-state index contributed by atoms with van der Waals surface area (Å²) in [7, 11) is 0. The van der Waals surface area contributed by atoms with Gasteiger partial charge >= 0.3 is 0 Å². The van der Waals surface area contributed by atoms with Gasteiger partial charge in [0, 0.05) is 12.8 Å². The van der Waals surface area contributed by atoms with Crippen molar-refractivity contribution in [3.05, 3.63) is 71.0 Å². The highest BCUT2D eigenvalue weighted by Gasteiger charge is 2.16. The standard InChI is InChI=1S/C17H16FN3/c18-16-4-2-1-3-15(16)17-20-11-14(21-17)9-12-5-7-13(10-19)8-6-12/h1-8,11,14H,9-10,19H2. The number of hydrogen-bond donors (Lipinski definition) is 1. The van der Waals surface area contributed by atoms with E-state index in [1.54, 1.807) is 24.4 Å². The lowest BCUT2D eigenvalue weighted by atomic mass is 10.1. The lowest BCUT2D eigenvalue weighted by Gasteiger charge is -2.05. The minimum Gasteiger partial charge on any atom is -0.326 e. The molecule has 0 aliphatic carbocycles.